The summed E-state index contributed by atoms with van der Waals surface area (Å²) in [7, 11) is 2.03. The molecule has 4 rings (SSSR count). The maximum absolute atomic E-state index is 13.9. The quantitative estimate of drug-likeness (QED) is 0.732. The number of aromatic nitrogens is 1. The third kappa shape index (κ3) is 2.78. The minimum Gasteiger partial charge on any atom is -0.454 e. The lowest BCUT2D eigenvalue weighted by Gasteiger charge is -2.18. The number of benzene rings is 2. The second kappa shape index (κ2) is 6.09. The Bertz CT molecular complexity index is 898. The van der Waals surface area contributed by atoms with Crippen molar-refractivity contribution in [3.05, 3.63) is 65.6 Å². The molecule has 5 heteroatoms. The fourth-order valence-electron chi connectivity index (χ4n) is 3.02. The Balaban J connectivity index is 1.54. The fourth-order valence-corrected chi connectivity index (χ4v) is 3.02. The van der Waals surface area contributed by atoms with Gasteiger partial charge in [-0.05, 0) is 48.5 Å². The smallest absolute Gasteiger partial charge is 0.231 e. The molecule has 1 aromatic heterocycles. The number of fused-ring (bicyclic) bond motifs is 2. The molecule has 4 nitrogen and oxygen atoms in total. The zero-order valence-electron chi connectivity index (χ0n) is 13.3. The first kappa shape index (κ1) is 14.9. The molecule has 122 valence electrons. The number of pyridine rings is 1. The van der Waals surface area contributed by atoms with Gasteiger partial charge in [-0.1, -0.05) is 12.1 Å². The molecule has 0 bridgehead atoms. The van der Waals surface area contributed by atoms with Crippen LogP contribution in [0.3, 0.4) is 0 Å². The Morgan fingerprint density at radius 3 is 2.88 bits per heavy atom. The average Bonchev–Trinajstić information content (AvgIpc) is 3.05. The van der Waals surface area contributed by atoms with Crippen molar-refractivity contribution in [2.45, 2.75) is 13.1 Å². The van der Waals surface area contributed by atoms with Crippen molar-refractivity contribution in [3.63, 3.8) is 0 Å². The number of rotatable bonds is 4. The molecule has 0 saturated carbocycles. The van der Waals surface area contributed by atoms with Crippen molar-refractivity contribution in [2.24, 2.45) is 0 Å². The van der Waals surface area contributed by atoms with Gasteiger partial charge in [0.2, 0.25) is 6.79 Å². The average molecular weight is 324 g/mol. The summed E-state index contributed by atoms with van der Waals surface area (Å²) < 4.78 is 24.6. The van der Waals surface area contributed by atoms with E-state index in [1.165, 1.54) is 6.07 Å². The molecule has 1 aliphatic rings. The topological polar surface area (TPSA) is 34.6 Å². The van der Waals surface area contributed by atoms with Gasteiger partial charge >= 0.3 is 0 Å². The van der Waals surface area contributed by atoms with Crippen molar-refractivity contribution in [3.8, 4) is 11.5 Å². The van der Waals surface area contributed by atoms with E-state index in [1.807, 2.05) is 25.2 Å². The van der Waals surface area contributed by atoms with Crippen LogP contribution in [0, 0.1) is 5.82 Å². The first-order valence-corrected chi connectivity index (χ1v) is 7.80. The molecule has 0 saturated heterocycles. The summed E-state index contributed by atoms with van der Waals surface area (Å²) in [6.07, 6.45) is 1.70. The standard InChI is InChI=1S/C19H17FN2O2/c1-22(10-13-4-7-17-18(9-13)24-12-23-17)11-14-5-6-16(20)15-3-2-8-21-19(14)15/h2-9H,10-12H2,1H3. The minimum atomic E-state index is -0.236. The summed E-state index contributed by atoms with van der Waals surface area (Å²) in [5.41, 5.74) is 2.87. The SMILES string of the molecule is CN(Cc1ccc2c(c1)OCO2)Cc1ccc(F)c2cccnc12. The molecule has 0 amide bonds. The maximum atomic E-state index is 13.9. The van der Waals surface area contributed by atoms with E-state index in [1.54, 1.807) is 24.4 Å². The predicted octanol–water partition coefficient (Wildman–Crippen LogP) is 3.73. The summed E-state index contributed by atoms with van der Waals surface area (Å²) in [5, 5.41) is 0.562. The van der Waals surface area contributed by atoms with Crippen LogP contribution in [0.25, 0.3) is 10.9 Å². The fraction of sp³-hybridized carbons (Fsp3) is 0.211. The zero-order valence-corrected chi connectivity index (χ0v) is 13.3. The van der Waals surface area contributed by atoms with E-state index < -0.39 is 0 Å². The van der Waals surface area contributed by atoms with Crippen LogP contribution in [0.2, 0.25) is 0 Å². The Kier molecular flexibility index (Phi) is 3.78. The summed E-state index contributed by atoms with van der Waals surface area (Å²) >= 11 is 0. The van der Waals surface area contributed by atoms with Gasteiger partial charge in [-0.25, -0.2) is 4.39 Å². The number of ether oxygens (including phenoxy) is 2. The second-order valence-corrected chi connectivity index (χ2v) is 5.97. The molecule has 0 spiro atoms. The van der Waals surface area contributed by atoms with Gasteiger partial charge in [-0.3, -0.25) is 9.88 Å². The summed E-state index contributed by atoms with van der Waals surface area (Å²) in [6, 6.07) is 12.8. The van der Waals surface area contributed by atoms with Crippen LogP contribution in [-0.4, -0.2) is 23.7 Å². The van der Waals surface area contributed by atoms with E-state index in [9.17, 15) is 4.39 Å². The third-order valence-corrected chi connectivity index (χ3v) is 4.13. The molecular formula is C19H17FN2O2. The number of hydrogen-bond acceptors (Lipinski definition) is 4. The van der Waals surface area contributed by atoms with Crippen molar-refractivity contribution in [1.82, 2.24) is 9.88 Å². The zero-order chi connectivity index (χ0) is 16.5. The first-order chi connectivity index (χ1) is 11.7. The van der Waals surface area contributed by atoms with Gasteiger partial charge in [0.1, 0.15) is 5.82 Å². The predicted molar refractivity (Wildman–Crippen MR) is 89.4 cm³/mol. The van der Waals surface area contributed by atoms with Crippen molar-refractivity contribution in [2.75, 3.05) is 13.8 Å². The maximum Gasteiger partial charge on any atom is 0.231 e. The molecule has 2 heterocycles. The van der Waals surface area contributed by atoms with Gasteiger partial charge in [-0.15, -0.1) is 0 Å². The molecule has 24 heavy (non-hydrogen) atoms. The highest BCUT2D eigenvalue weighted by Gasteiger charge is 2.14. The molecule has 0 N–H and O–H groups in total. The van der Waals surface area contributed by atoms with Crippen LogP contribution in [0.5, 0.6) is 11.5 Å². The van der Waals surface area contributed by atoms with Crippen LogP contribution in [0.15, 0.2) is 48.7 Å². The van der Waals surface area contributed by atoms with E-state index >= 15 is 0 Å². The lowest BCUT2D eigenvalue weighted by atomic mass is 10.1. The lowest BCUT2D eigenvalue weighted by molar-refractivity contribution is 0.174. The molecule has 2 aromatic carbocycles. The largest absolute Gasteiger partial charge is 0.454 e. The van der Waals surface area contributed by atoms with Crippen LogP contribution in [0.1, 0.15) is 11.1 Å². The van der Waals surface area contributed by atoms with E-state index in [4.69, 9.17) is 9.47 Å². The molecular weight excluding hydrogens is 307 g/mol. The number of nitrogens with zero attached hydrogens (tertiary/aromatic N) is 2. The number of halogens is 1. The van der Waals surface area contributed by atoms with Crippen LogP contribution >= 0.6 is 0 Å². The molecule has 0 aliphatic carbocycles. The Labute approximate surface area is 139 Å². The van der Waals surface area contributed by atoms with Gasteiger partial charge in [0, 0.05) is 24.7 Å². The van der Waals surface area contributed by atoms with E-state index in [2.05, 4.69) is 9.88 Å². The molecule has 0 unspecified atom stereocenters. The van der Waals surface area contributed by atoms with Gasteiger partial charge in [-0.2, -0.15) is 0 Å². The summed E-state index contributed by atoms with van der Waals surface area (Å²) in [4.78, 5) is 6.51. The summed E-state index contributed by atoms with van der Waals surface area (Å²) in [5.74, 6) is 1.34. The molecule has 0 atom stereocenters. The Morgan fingerprint density at radius 1 is 1.08 bits per heavy atom. The molecule has 1 aliphatic heterocycles. The van der Waals surface area contributed by atoms with Crippen LogP contribution < -0.4 is 9.47 Å². The first-order valence-electron chi connectivity index (χ1n) is 7.80. The number of hydrogen-bond donors (Lipinski definition) is 0. The van der Waals surface area contributed by atoms with Crippen LogP contribution in [0.4, 0.5) is 4.39 Å². The lowest BCUT2D eigenvalue weighted by Crippen LogP contribution is -2.17. The monoisotopic (exact) mass is 324 g/mol. The molecule has 0 fully saturated rings. The van der Waals surface area contributed by atoms with Crippen LogP contribution in [-0.2, 0) is 13.1 Å². The van der Waals surface area contributed by atoms with E-state index in [-0.39, 0.29) is 12.6 Å². The second-order valence-electron chi connectivity index (χ2n) is 5.97. The molecule has 3 aromatic rings. The van der Waals surface area contributed by atoms with Gasteiger partial charge in [0.15, 0.2) is 11.5 Å². The van der Waals surface area contributed by atoms with Gasteiger partial charge in [0.05, 0.1) is 5.52 Å². The van der Waals surface area contributed by atoms with Crippen molar-refractivity contribution in [1.29, 1.82) is 0 Å². The molecule has 0 radical (unpaired) electrons. The minimum absolute atomic E-state index is 0.236. The van der Waals surface area contributed by atoms with Crippen molar-refractivity contribution < 1.29 is 13.9 Å². The Morgan fingerprint density at radius 2 is 1.96 bits per heavy atom. The Hall–Kier alpha value is -2.66. The van der Waals surface area contributed by atoms with E-state index in [0.29, 0.717) is 11.9 Å². The highest BCUT2D eigenvalue weighted by Crippen LogP contribution is 2.33. The van der Waals surface area contributed by atoms with E-state index in [0.717, 1.165) is 34.7 Å². The van der Waals surface area contributed by atoms with Crippen molar-refractivity contribution >= 4 is 10.9 Å². The highest BCUT2D eigenvalue weighted by molar-refractivity contribution is 5.82. The summed E-state index contributed by atoms with van der Waals surface area (Å²) in [6.45, 7) is 1.71. The highest BCUT2D eigenvalue weighted by atomic mass is 19.1. The normalized spacial score (nSPS) is 13.0. The third-order valence-electron chi connectivity index (χ3n) is 4.13. The van der Waals surface area contributed by atoms with Gasteiger partial charge in [0.25, 0.3) is 0 Å². The van der Waals surface area contributed by atoms with Gasteiger partial charge < -0.3 is 9.47 Å².